The molecule has 1 aromatic rings. The van der Waals surface area contributed by atoms with Gasteiger partial charge in [-0.3, -0.25) is 9.78 Å². The molecule has 0 bridgehead atoms. The van der Waals surface area contributed by atoms with E-state index in [4.69, 9.17) is 4.74 Å². The van der Waals surface area contributed by atoms with Gasteiger partial charge in [0.2, 0.25) is 0 Å². The van der Waals surface area contributed by atoms with Crippen LogP contribution in [0.25, 0.3) is 0 Å². The van der Waals surface area contributed by atoms with Gasteiger partial charge >= 0.3 is 18.2 Å². The molecule has 2 amide bonds. The van der Waals surface area contributed by atoms with Crippen LogP contribution in [0, 0.1) is 5.92 Å². The maximum absolute atomic E-state index is 12.8. The van der Waals surface area contributed by atoms with Gasteiger partial charge in [-0.15, -0.1) is 0 Å². The molecule has 1 aliphatic heterocycles. The van der Waals surface area contributed by atoms with Gasteiger partial charge in [0.15, 0.2) is 0 Å². The number of amides is 2. The fourth-order valence-corrected chi connectivity index (χ4v) is 3.78. The molecule has 6 nitrogen and oxygen atoms in total. The average Bonchev–Trinajstić information content (AvgIpc) is 2.91. The van der Waals surface area contributed by atoms with Crippen LogP contribution in [0.5, 0.6) is 0 Å². The minimum atomic E-state index is -4.95. The van der Waals surface area contributed by atoms with Gasteiger partial charge in [-0.05, 0) is 77.5 Å². The second kappa shape index (κ2) is 8.81. The number of hydrogen-bond acceptors (Lipinski definition) is 4. The molecule has 168 valence electrons. The van der Waals surface area contributed by atoms with Crippen LogP contribution in [0.3, 0.4) is 0 Å². The van der Waals surface area contributed by atoms with Crippen molar-refractivity contribution < 1.29 is 27.5 Å². The molecule has 0 saturated carbocycles. The standard InChI is InChI=1S/C21H30F3N3O3/c1-19(2,3)30-18(29)27-13-14(12-20(27,4)5)6-7-16(15-8-10-25-11-9-15)26-17(28)21(22,23)24/h8-11,14,16H,6-7,12-13H2,1-5H3,(H,26,28)/t14-,16?/m0/s1. The van der Waals surface area contributed by atoms with Gasteiger partial charge in [0.05, 0.1) is 6.04 Å². The number of rotatable bonds is 5. The number of alkyl halides is 3. The van der Waals surface area contributed by atoms with Crippen molar-refractivity contribution in [2.24, 2.45) is 5.92 Å². The summed E-state index contributed by atoms with van der Waals surface area (Å²) in [7, 11) is 0. The summed E-state index contributed by atoms with van der Waals surface area (Å²) in [6.45, 7) is 9.75. The third-order valence-corrected chi connectivity index (χ3v) is 5.11. The Morgan fingerprint density at radius 3 is 2.40 bits per heavy atom. The summed E-state index contributed by atoms with van der Waals surface area (Å²) in [5, 5.41) is 2.09. The molecule has 1 saturated heterocycles. The van der Waals surface area contributed by atoms with Crippen molar-refractivity contribution in [3.63, 3.8) is 0 Å². The van der Waals surface area contributed by atoms with Gasteiger partial charge in [-0.2, -0.15) is 13.2 Å². The topological polar surface area (TPSA) is 71.5 Å². The molecule has 9 heteroatoms. The SMILES string of the molecule is CC(C)(C)OC(=O)N1C[C@@H](CCC(NC(=O)C(F)(F)F)c2ccncc2)CC1(C)C. The van der Waals surface area contributed by atoms with E-state index in [1.165, 1.54) is 12.4 Å². The van der Waals surface area contributed by atoms with E-state index in [9.17, 15) is 22.8 Å². The van der Waals surface area contributed by atoms with Crippen LogP contribution < -0.4 is 5.32 Å². The van der Waals surface area contributed by atoms with Gasteiger partial charge in [0.25, 0.3) is 0 Å². The number of halogens is 3. The number of carbonyl (C=O) groups is 2. The molecule has 1 aromatic heterocycles. The zero-order chi connectivity index (χ0) is 22.7. The van der Waals surface area contributed by atoms with Crippen LogP contribution >= 0.6 is 0 Å². The molecule has 2 atom stereocenters. The lowest BCUT2D eigenvalue weighted by Crippen LogP contribution is -2.45. The van der Waals surface area contributed by atoms with Gasteiger partial charge in [-0.1, -0.05) is 0 Å². The molecule has 1 aliphatic rings. The lowest BCUT2D eigenvalue weighted by molar-refractivity contribution is -0.174. The Hall–Kier alpha value is -2.32. The van der Waals surface area contributed by atoms with Crippen molar-refractivity contribution in [1.82, 2.24) is 15.2 Å². The minimum Gasteiger partial charge on any atom is -0.444 e. The first-order chi connectivity index (χ1) is 13.7. The zero-order valence-corrected chi connectivity index (χ0v) is 18.0. The van der Waals surface area contributed by atoms with Gasteiger partial charge in [-0.25, -0.2) is 4.79 Å². The number of carbonyl (C=O) groups excluding carboxylic acids is 2. The van der Waals surface area contributed by atoms with Gasteiger partial charge < -0.3 is 15.0 Å². The number of likely N-dealkylation sites (tertiary alicyclic amines) is 1. The maximum Gasteiger partial charge on any atom is 0.471 e. The second-order valence-electron chi connectivity index (χ2n) is 9.36. The summed E-state index contributed by atoms with van der Waals surface area (Å²) < 4.78 is 43.8. The second-order valence-corrected chi connectivity index (χ2v) is 9.36. The monoisotopic (exact) mass is 429 g/mol. The van der Waals surface area contributed by atoms with E-state index in [2.05, 4.69) is 10.3 Å². The van der Waals surface area contributed by atoms with Crippen molar-refractivity contribution in [3.05, 3.63) is 30.1 Å². The Labute approximate surface area is 175 Å². The van der Waals surface area contributed by atoms with E-state index >= 15 is 0 Å². The Morgan fingerprint density at radius 1 is 1.27 bits per heavy atom. The summed E-state index contributed by atoms with van der Waals surface area (Å²) >= 11 is 0. The quantitative estimate of drug-likeness (QED) is 0.742. The van der Waals surface area contributed by atoms with Crippen molar-refractivity contribution in [3.8, 4) is 0 Å². The highest BCUT2D eigenvalue weighted by Crippen LogP contribution is 2.37. The van der Waals surface area contributed by atoms with Crippen LogP contribution in [-0.4, -0.2) is 45.7 Å². The van der Waals surface area contributed by atoms with E-state index < -0.39 is 35.4 Å². The minimum absolute atomic E-state index is 0.0830. The summed E-state index contributed by atoms with van der Waals surface area (Å²) in [4.78, 5) is 29.6. The fraction of sp³-hybridized carbons (Fsp3) is 0.667. The molecule has 0 aromatic carbocycles. The molecule has 0 radical (unpaired) electrons. The van der Waals surface area contributed by atoms with E-state index in [-0.39, 0.29) is 5.92 Å². The lowest BCUT2D eigenvalue weighted by Gasteiger charge is -2.33. The van der Waals surface area contributed by atoms with Crippen molar-refractivity contribution in [2.75, 3.05) is 6.54 Å². The highest BCUT2D eigenvalue weighted by atomic mass is 19.4. The van der Waals surface area contributed by atoms with E-state index in [1.807, 2.05) is 13.8 Å². The molecule has 1 fully saturated rings. The van der Waals surface area contributed by atoms with Crippen molar-refractivity contribution >= 4 is 12.0 Å². The number of nitrogens with one attached hydrogen (secondary N) is 1. The first-order valence-electron chi connectivity index (χ1n) is 9.97. The molecular formula is C21H30F3N3O3. The number of nitrogens with zero attached hydrogens (tertiary/aromatic N) is 2. The van der Waals surface area contributed by atoms with Crippen LogP contribution in [0.1, 0.15) is 65.5 Å². The fourth-order valence-electron chi connectivity index (χ4n) is 3.78. The first kappa shape index (κ1) is 24.0. The van der Waals surface area contributed by atoms with Crippen LogP contribution in [-0.2, 0) is 9.53 Å². The normalized spacial score (nSPS) is 20.0. The summed E-state index contributed by atoms with van der Waals surface area (Å²) in [5.74, 6) is -1.88. The van der Waals surface area contributed by atoms with E-state index in [1.54, 1.807) is 37.8 Å². The van der Waals surface area contributed by atoms with Crippen LogP contribution in [0.4, 0.5) is 18.0 Å². The molecule has 2 rings (SSSR count). The van der Waals surface area contributed by atoms with Crippen LogP contribution in [0.2, 0.25) is 0 Å². The van der Waals surface area contributed by atoms with Gasteiger partial charge in [0.1, 0.15) is 5.60 Å². The largest absolute Gasteiger partial charge is 0.471 e. The average molecular weight is 429 g/mol. The Kier molecular flexibility index (Phi) is 7.04. The third-order valence-electron chi connectivity index (χ3n) is 5.11. The van der Waals surface area contributed by atoms with Crippen molar-refractivity contribution in [2.45, 2.75) is 77.2 Å². The molecule has 0 spiro atoms. The smallest absolute Gasteiger partial charge is 0.444 e. The molecular weight excluding hydrogens is 399 g/mol. The maximum atomic E-state index is 12.8. The predicted molar refractivity (Wildman–Crippen MR) is 106 cm³/mol. The highest BCUT2D eigenvalue weighted by molar-refractivity contribution is 5.82. The Morgan fingerprint density at radius 2 is 1.87 bits per heavy atom. The summed E-state index contributed by atoms with van der Waals surface area (Å²) in [6, 6.07) is 2.39. The molecule has 30 heavy (non-hydrogen) atoms. The zero-order valence-electron chi connectivity index (χ0n) is 18.0. The number of hydrogen-bond donors (Lipinski definition) is 1. The number of pyridine rings is 1. The lowest BCUT2D eigenvalue weighted by atomic mass is 9.91. The highest BCUT2D eigenvalue weighted by Gasteiger charge is 2.43. The van der Waals surface area contributed by atoms with E-state index in [0.717, 1.165) is 0 Å². The third kappa shape index (κ3) is 6.60. The molecule has 1 unspecified atom stereocenters. The molecule has 0 aliphatic carbocycles. The summed E-state index contributed by atoms with van der Waals surface area (Å²) in [5.41, 5.74) is -0.475. The predicted octanol–water partition coefficient (Wildman–Crippen LogP) is 4.62. The van der Waals surface area contributed by atoms with Gasteiger partial charge in [0, 0.05) is 24.5 Å². The summed E-state index contributed by atoms with van der Waals surface area (Å²) in [6.07, 6.45) is -0.832. The van der Waals surface area contributed by atoms with Crippen molar-refractivity contribution in [1.29, 1.82) is 0 Å². The van der Waals surface area contributed by atoms with Crippen LogP contribution in [0.15, 0.2) is 24.5 Å². The number of ether oxygens (including phenoxy) is 1. The Bertz CT molecular complexity index is 745. The first-order valence-corrected chi connectivity index (χ1v) is 9.97. The Balaban J connectivity index is 2.06. The molecule has 2 heterocycles. The molecule has 1 N–H and O–H groups in total. The number of aromatic nitrogens is 1. The van der Waals surface area contributed by atoms with E-state index in [0.29, 0.717) is 31.4 Å².